The molecule has 3 aromatic rings. The molecule has 106 valence electrons. The summed E-state index contributed by atoms with van der Waals surface area (Å²) in [7, 11) is 0. The molecule has 0 fully saturated rings. The molecule has 7 heteroatoms. The molecule has 3 rings (SSSR count). The molecule has 0 unspecified atom stereocenters. The molecule has 1 aromatic carbocycles. The summed E-state index contributed by atoms with van der Waals surface area (Å²) in [6.45, 7) is 1.93. The summed E-state index contributed by atoms with van der Waals surface area (Å²) in [4.78, 5) is 20.5. The average Bonchev–Trinajstić information content (AvgIpc) is 2.99. The predicted octanol–water partition coefficient (Wildman–Crippen LogP) is 2.82. The van der Waals surface area contributed by atoms with Crippen LogP contribution >= 0.6 is 11.6 Å². The summed E-state index contributed by atoms with van der Waals surface area (Å²) in [5, 5.41) is 10.7. The van der Waals surface area contributed by atoms with Crippen molar-refractivity contribution in [1.29, 1.82) is 0 Å². The Morgan fingerprint density at radius 3 is 3.00 bits per heavy atom. The van der Waals surface area contributed by atoms with E-state index in [1.165, 1.54) is 0 Å². The molecule has 1 amide bonds. The molecule has 2 aromatic heterocycles. The normalized spacial score (nSPS) is 10.8. The molecule has 0 saturated heterocycles. The third kappa shape index (κ3) is 2.57. The van der Waals surface area contributed by atoms with Crippen LogP contribution in [0.25, 0.3) is 10.9 Å². The highest BCUT2D eigenvalue weighted by molar-refractivity contribution is 6.36. The van der Waals surface area contributed by atoms with Crippen molar-refractivity contribution >= 4 is 34.1 Å². The molecule has 0 bridgehead atoms. The van der Waals surface area contributed by atoms with Gasteiger partial charge in [0.1, 0.15) is 5.82 Å². The fourth-order valence-corrected chi connectivity index (χ4v) is 2.19. The number of anilines is 1. The van der Waals surface area contributed by atoms with E-state index in [1.54, 1.807) is 24.4 Å². The lowest BCUT2D eigenvalue weighted by atomic mass is 10.2. The lowest BCUT2D eigenvalue weighted by molar-refractivity contribution is 0.101. The highest BCUT2D eigenvalue weighted by Crippen LogP contribution is 2.28. The number of nitrogens with one attached hydrogen (secondary N) is 2. The number of carbonyl (C=O) groups excluding carboxylic acids is 1. The summed E-state index contributed by atoms with van der Waals surface area (Å²) < 4.78 is 0. The Labute approximate surface area is 125 Å². The van der Waals surface area contributed by atoms with Crippen molar-refractivity contribution in [2.75, 3.05) is 5.32 Å². The third-order valence-electron chi connectivity index (χ3n) is 3.03. The van der Waals surface area contributed by atoms with Crippen LogP contribution in [0, 0.1) is 0 Å². The SMILES string of the molecule is CCc1nc(C(=O)Nc2ccc(Cl)c3cccnc23)n[nH]1. The van der Waals surface area contributed by atoms with Gasteiger partial charge in [-0.05, 0) is 24.3 Å². The number of fused-ring (bicyclic) bond motifs is 1. The molecule has 2 N–H and O–H groups in total. The van der Waals surface area contributed by atoms with Crippen molar-refractivity contribution in [2.45, 2.75) is 13.3 Å². The molecule has 21 heavy (non-hydrogen) atoms. The number of aryl methyl sites for hydroxylation is 1. The molecular formula is C14H12ClN5O. The maximum Gasteiger partial charge on any atom is 0.295 e. The molecular weight excluding hydrogens is 290 g/mol. The minimum Gasteiger partial charge on any atom is -0.317 e. The first-order valence-electron chi connectivity index (χ1n) is 6.45. The smallest absolute Gasteiger partial charge is 0.295 e. The van der Waals surface area contributed by atoms with Crippen molar-refractivity contribution < 1.29 is 4.79 Å². The Morgan fingerprint density at radius 2 is 2.24 bits per heavy atom. The number of carbonyl (C=O) groups is 1. The van der Waals surface area contributed by atoms with Crippen LogP contribution in [0.4, 0.5) is 5.69 Å². The number of amides is 1. The van der Waals surface area contributed by atoms with Gasteiger partial charge >= 0.3 is 0 Å². The molecule has 0 radical (unpaired) electrons. The Hall–Kier alpha value is -2.47. The van der Waals surface area contributed by atoms with E-state index < -0.39 is 0 Å². The van der Waals surface area contributed by atoms with Gasteiger partial charge in [0, 0.05) is 18.0 Å². The lowest BCUT2D eigenvalue weighted by Crippen LogP contribution is -2.14. The minimum absolute atomic E-state index is 0.103. The molecule has 6 nitrogen and oxygen atoms in total. The van der Waals surface area contributed by atoms with Gasteiger partial charge in [-0.3, -0.25) is 14.9 Å². The molecule has 0 atom stereocenters. The first-order valence-corrected chi connectivity index (χ1v) is 6.82. The zero-order chi connectivity index (χ0) is 14.8. The zero-order valence-electron chi connectivity index (χ0n) is 11.2. The number of aromatic amines is 1. The second kappa shape index (κ2) is 5.49. The highest BCUT2D eigenvalue weighted by atomic mass is 35.5. The Bertz CT molecular complexity index is 814. The van der Waals surface area contributed by atoms with Crippen LogP contribution in [0.1, 0.15) is 23.4 Å². The van der Waals surface area contributed by atoms with Gasteiger partial charge in [0.05, 0.1) is 16.2 Å². The fourth-order valence-electron chi connectivity index (χ4n) is 1.97. The van der Waals surface area contributed by atoms with Crippen LogP contribution < -0.4 is 5.32 Å². The highest BCUT2D eigenvalue weighted by Gasteiger charge is 2.14. The van der Waals surface area contributed by atoms with Crippen LogP contribution in [0.2, 0.25) is 5.02 Å². The van der Waals surface area contributed by atoms with Crippen molar-refractivity contribution in [3.63, 3.8) is 0 Å². The van der Waals surface area contributed by atoms with Gasteiger partial charge in [0.15, 0.2) is 0 Å². The van der Waals surface area contributed by atoms with E-state index in [4.69, 9.17) is 11.6 Å². The minimum atomic E-state index is -0.389. The monoisotopic (exact) mass is 301 g/mol. The molecule has 0 aliphatic carbocycles. The number of hydrogen-bond acceptors (Lipinski definition) is 4. The van der Waals surface area contributed by atoms with Crippen LogP contribution in [-0.4, -0.2) is 26.1 Å². The predicted molar refractivity (Wildman–Crippen MR) is 80.5 cm³/mol. The van der Waals surface area contributed by atoms with Crippen molar-refractivity contribution in [1.82, 2.24) is 20.2 Å². The van der Waals surface area contributed by atoms with Crippen LogP contribution in [-0.2, 0) is 6.42 Å². The second-order valence-electron chi connectivity index (χ2n) is 4.41. The van der Waals surface area contributed by atoms with Gasteiger partial charge in [-0.25, -0.2) is 4.98 Å². The van der Waals surface area contributed by atoms with Crippen LogP contribution in [0.15, 0.2) is 30.5 Å². The quantitative estimate of drug-likeness (QED) is 0.779. The topological polar surface area (TPSA) is 83.6 Å². The van der Waals surface area contributed by atoms with E-state index in [0.717, 1.165) is 5.39 Å². The fraction of sp³-hybridized carbons (Fsp3) is 0.143. The van der Waals surface area contributed by atoms with E-state index in [1.807, 2.05) is 13.0 Å². The average molecular weight is 302 g/mol. The summed E-state index contributed by atoms with van der Waals surface area (Å²) in [6, 6.07) is 7.07. The molecule has 0 aliphatic rings. The van der Waals surface area contributed by atoms with Gasteiger partial charge in [0.25, 0.3) is 5.91 Å². The zero-order valence-corrected chi connectivity index (χ0v) is 12.0. The standard InChI is InChI=1S/C14H12ClN5O/c1-2-11-18-13(20-19-11)14(21)17-10-6-5-9(15)8-4-3-7-16-12(8)10/h3-7H,2H2,1H3,(H,17,21)(H,18,19,20). The number of hydrogen-bond donors (Lipinski definition) is 2. The second-order valence-corrected chi connectivity index (χ2v) is 4.82. The maximum absolute atomic E-state index is 12.2. The number of H-pyrrole nitrogens is 1. The van der Waals surface area contributed by atoms with Crippen molar-refractivity contribution in [2.24, 2.45) is 0 Å². The Kier molecular flexibility index (Phi) is 3.53. The number of rotatable bonds is 3. The van der Waals surface area contributed by atoms with Crippen molar-refractivity contribution in [3.8, 4) is 0 Å². The third-order valence-corrected chi connectivity index (χ3v) is 3.36. The first-order chi connectivity index (χ1) is 10.2. The van der Waals surface area contributed by atoms with E-state index >= 15 is 0 Å². The Balaban J connectivity index is 1.95. The first kappa shape index (κ1) is 13.5. The summed E-state index contributed by atoms with van der Waals surface area (Å²) in [6.07, 6.45) is 2.34. The number of halogens is 1. The van der Waals surface area contributed by atoms with Gasteiger partial charge in [-0.15, -0.1) is 5.10 Å². The van der Waals surface area contributed by atoms with Crippen LogP contribution in [0.5, 0.6) is 0 Å². The van der Waals surface area contributed by atoms with E-state index in [-0.39, 0.29) is 11.7 Å². The largest absolute Gasteiger partial charge is 0.317 e. The van der Waals surface area contributed by atoms with E-state index in [9.17, 15) is 4.79 Å². The number of benzene rings is 1. The number of pyridine rings is 1. The number of nitrogens with zero attached hydrogens (tertiary/aromatic N) is 3. The lowest BCUT2D eigenvalue weighted by Gasteiger charge is -2.07. The Morgan fingerprint density at radius 1 is 1.38 bits per heavy atom. The summed E-state index contributed by atoms with van der Waals surface area (Å²) in [5.41, 5.74) is 1.20. The van der Waals surface area contributed by atoms with Gasteiger partial charge < -0.3 is 5.32 Å². The molecule has 0 aliphatic heterocycles. The molecule has 2 heterocycles. The molecule has 0 spiro atoms. The van der Waals surface area contributed by atoms with Crippen LogP contribution in [0.3, 0.4) is 0 Å². The molecule has 0 saturated carbocycles. The maximum atomic E-state index is 12.2. The number of aromatic nitrogens is 4. The van der Waals surface area contributed by atoms with Gasteiger partial charge in [0.2, 0.25) is 5.82 Å². The van der Waals surface area contributed by atoms with E-state index in [0.29, 0.717) is 28.5 Å². The summed E-state index contributed by atoms with van der Waals surface area (Å²) >= 11 is 6.12. The van der Waals surface area contributed by atoms with Crippen molar-refractivity contribution in [3.05, 3.63) is 47.1 Å². The van der Waals surface area contributed by atoms with Gasteiger partial charge in [-0.1, -0.05) is 18.5 Å². The van der Waals surface area contributed by atoms with Gasteiger partial charge in [-0.2, -0.15) is 0 Å². The summed E-state index contributed by atoms with van der Waals surface area (Å²) in [5.74, 6) is 0.380. The van der Waals surface area contributed by atoms with E-state index in [2.05, 4.69) is 25.5 Å².